The van der Waals surface area contributed by atoms with E-state index in [1.54, 1.807) is 31.5 Å². The first-order valence-electron chi connectivity index (χ1n) is 7.94. The van der Waals surface area contributed by atoms with Crippen LogP contribution in [0.4, 0.5) is 26.2 Å². The highest BCUT2D eigenvalue weighted by molar-refractivity contribution is 5.67. The number of pyridine rings is 1. The van der Waals surface area contributed by atoms with Crippen LogP contribution in [0.5, 0.6) is 0 Å². The molecule has 0 spiro atoms. The van der Waals surface area contributed by atoms with Crippen molar-refractivity contribution in [3.63, 3.8) is 0 Å². The minimum absolute atomic E-state index is 0.0865. The van der Waals surface area contributed by atoms with E-state index < -0.39 is 11.6 Å². The van der Waals surface area contributed by atoms with Crippen LogP contribution in [0.2, 0.25) is 0 Å². The van der Waals surface area contributed by atoms with Crippen molar-refractivity contribution >= 4 is 17.5 Å². The van der Waals surface area contributed by atoms with Gasteiger partial charge in [0.05, 0.1) is 18.0 Å². The second-order valence-corrected chi connectivity index (χ2v) is 5.68. The van der Waals surface area contributed by atoms with E-state index in [1.807, 2.05) is 6.07 Å². The Morgan fingerprint density at radius 1 is 1.15 bits per heavy atom. The van der Waals surface area contributed by atoms with Crippen molar-refractivity contribution in [3.05, 3.63) is 60.4 Å². The van der Waals surface area contributed by atoms with Gasteiger partial charge in [-0.05, 0) is 31.2 Å². The van der Waals surface area contributed by atoms with Crippen LogP contribution < -0.4 is 10.6 Å². The third kappa shape index (κ3) is 4.28. The second kappa shape index (κ2) is 7.83. The first kappa shape index (κ1) is 17.7. The molecule has 0 unspecified atom stereocenters. The van der Waals surface area contributed by atoms with Crippen LogP contribution in [0.25, 0.3) is 11.3 Å². The van der Waals surface area contributed by atoms with Gasteiger partial charge in [-0.2, -0.15) is 4.98 Å². The Hall–Kier alpha value is -3.13. The summed E-state index contributed by atoms with van der Waals surface area (Å²) in [6, 6.07) is 8.20. The zero-order valence-electron chi connectivity index (χ0n) is 13.9. The fourth-order valence-electron chi connectivity index (χ4n) is 2.23. The maximum absolute atomic E-state index is 13.9. The zero-order valence-corrected chi connectivity index (χ0v) is 13.9. The van der Waals surface area contributed by atoms with E-state index >= 15 is 0 Å². The number of aliphatic hydroxyl groups excluding tert-OH is 1. The molecule has 0 bridgehead atoms. The molecule has 26 heavy (non-hydrogen) atoms. The van der Waals surface area contributed by atoms with E-state index in [-0.39, 0.29) is 24.3 Å². The monoisotopic (exact) mass is 357 g/mol. The Labute approximate surface area is 149 Å². The van der Waals surface area contributed by atoms with Crippen LogP contribution in [0.1, 0.15) is 6.92 Å². The Bertz CT molecular complexity index is 892. The van der Waals surface area contributed by atoms with Gasteiger partial charge in [-0.25, -0.2) is 13.8 Å². The third-order valence-corrected chi connectivity index (χ3v) is 3.53. The van der Waals surface area contributed by atoms with E-state index in [9.17, 15) is 13.9 Å². The Morgan fingerprint density at radius 2 is 2.00 bits per heavy atom. The van der Waals surface area contributed by atoms with Gasteiger partial charge in [-0.3, -0.25) is 4.98 Å². The number of rotatable bonds is 6. The lowest BCUT2D eigenvalue weighted by Gasteiger charge is -2.14. The summed E-state index contributed by atoms with van der Waals surface area (Å²) in [5.74, 6) is -0.814. The predicted molar refractivity (Wildman–Crippen MR) is 95.1 cm³/mol. The van der Waals surface area contributed by atoms with Gasteiger partial charge in [0.25, 0.3) is 0 Å². The standard InChI is InChI=1S/C18H17F2N5O/c1-11(10-26)22-18-24-16(12-3-2-6-21-9-12)8-17(25-18)23-15-5-4-13(19)7-14(15)20/h2-9,11,26H,10H2,1H3,(H2,22,23,24,25)/t11-/m1/s1. The zero-order chi connectivity index (χ0) is 18.5. The fourth-order valence-corrected chi connectivity index (χ4v) is 2.23. The number of aromatic nitrogens is 3. The van der Waals surface area contributed by atoms with Crippen LogP contribution in [-0.2, 0) is 0 Å². The number of nitrogens with one attached hydrogen (secondary N) is 2. The average molecular weight is 357 g/mol. The number of nitrogens with zero attached hydrogens (tertiary/aromatic N) is 3. The molecule has 0 aliphatic carbocycles. The lowest BCUT2D eigenvalue weighted by molar-refractivity contribution is 0.281. The van der Waals surface area contributed by atoms with E-state index in [0.717, 1.165) is 17.7 Å². The van der Waals surface area contributed by atoms with Crippen LogP contribution in [0.15, 0.2) is 48.8 Å². The summed E-state index contributed by atoms with van der Waals surface area (Å²) >= 11 is 0. The second-order valence-electron chi connectivity index (χ2n) is 5.68. The summed E-state index contributed by atoms with van der Waals surface area (Å²) < 4.78 is 27.0. The topological polar surface area (TPSA) is 83.0 Å². The SMILES string of the molecule is C[C@H](CO)Nc1nc(Nc2ccc(F)cc2F)cc(-c2cccnc2)n1. The lowest BCUT2D eigenvalue weighted by Crippen LogP contribution is -2.21. The Kier molecular flexibility index (Phi) is 5.33. The summed E-state index contributed by atoms with van der Waals surface area (Å²) in [6.07, 6.45) is 3.29. The van der Waals surface area contributed by atoms with Crippen molar-refractivity contribution < 1.29 is 13.9 Å². The molecule has 2 heterocycles. The number of aliphatic hydroxyl groups is 1. The van der Waals surface area contributed by atoms with Crippen LogP contribution in [-0.4, -0.2) is 32.7 Å². The molecule has 0 fully saturated rings. The number of hydrogen-bond donors (Lipinski definition) is 3. The molecule has 3 aromatic rings. The van der Waals surface area contributed by atoms with Gasteiger partial charge in [0.2, 0.25) is 5.95 Å². The largest absolute Gasteiger partial charge is 0.394 e. The molecule has 3 N–H and O–H groups in total. The predicted octanol–water partition coefficient (Wildman–Crippen LogP) is 3.35. The number of benzene rings is 1. The van der Waals surface area contributed by atoms with Crippen LogP contribution in [0.3, 0.4) is 0 Å². The molecule has 2 aromatic heterocycles. The third-order valence-electron chi connectivity index (χ3n) is 3.53. The van der Waals surface area contributed by atoms with Gasteiger partial charge in [0.15, 0.2) is 0 Å². The lowest BCUT2D eigenvalue weighted by atomic mass is 10.2. The van der Waals surface area contributed by atoms with E-state index in [0.29, 0.717) is 11.5 Å². The van der Waals surface area contributed by atoms with Crippen LogP contribution >= 0.6 is 0 Å². The quantitative estimate of drug-likeness (QED) is 0.628. The van der Waals surface area contributed by atoms with Crippen molar-refractivity contribution in [3.8, 4) is 11.3 Å². The number of halogens is 2. The van der Waals surface area contributed by atoms with Gasteiger partial charge < -0.3 is 15.7 Å². The van der Waals surface area contributed by atoms with E-state index in [1.165, 1.54) is 6.07 Å². The molecule has 0 amide bonds. The molecule has 1 atom stereocenters. The van der Waals surface area contributed by atoms with Crippen molar-refractivity contribution in [1.29, 1.82) is 0 Å². The van der Waals surface area contributed by atoms with Gasteiger partial charge in [0, 0.05) is 36.1 Å². The van der Waals surface area contributed by atoms with Gasteiger partial charge in [-0.1, -0.05) is 0 Å². The first-order chi connectivity index (χ1) is 12.5. The molecule has 0 saturated carbocycles. The minimum Gasteiger partial charge on any atom is -0.394 e. The minimum atomic E-state index is -0.732. The van der Waals surface area contributed by atoms with Gasteiger partial charge >= 0.3 is 0 Å². The molecule has 6 nitrogen and oxygen atoms in total. The van der Waals surface area contributed by atoms with Gasteiger partial charge in [0.1, 0.15) is 17.5 Å². The molecular formula is C18H17F2N5O. The molecule has 0 saturated heterocycles. The molecule has 8 heteroatoms. The summed E-state index contributed by atoms with van der Waals surface area (Å²) in [5.41, 5.74) is 1.39. The molecule has 1 aromatic carbocycles. The average Bonchev–Trinajstić information content (AvgIpc) is 2.64. The molecule has 0 radical (unpaired) electrons. The molecule has 3 rings (SSSR count). The highest BCUT2D eigenvalue weighted by Crippen LogP contribution is 2.25. The van der Waals surface area contributed by atoms with Crippen molar-refractivity contribution in [2.45, 2.75) is 13.0 Å². The molecule has 0 aliphatic rings. The highest BCUT2D eigenvalue weighted by Gasteiger charge is 2.11. The maximum atomic E-state index is 13.9. The highest BCUT2D eigenvalue weighted by atomic mass is 19.1. The summed E-state index contributed by atoms with van der Waals surface area (Å²) in [7, 11) is 0. The first-order valence-corrected chi connectivity index (χ1v) is 7.94. The summed E-state index contributed by atoms with van der Waals surface area (Å²) in [6.45, 7) is 1.67. The smallest absolute Gasteiger partial charge is 0.225 e. The Balaban J connectivity index is 1.98. The molecular weight excluding hydrogens is 340 g/mol. The van der Waals surface area contributed by atoms with E-state index in [4.69, 9.17) is 0 Å². The normalized spacial score (nSPS) is 11.8. The molecule has 134 valence electrons. The van der Waals surface area contributed by atoms with Crippen LogP contribution in [0, 0.1) is 11.6 Å². The van der Waals surface area contributed by atoms with Gasteiger partial charge in [-0.15, -0.1) is 0 Å². The number of hydrogen-bond acceptors (Lipinski definition) is 6. The van der Waals surface area contributed by atoms with Crippen molar-refractivity contribution in [2.75, 3.05) is 17.2 Å². The van der Waals surface area contributed by atoms with Crippen molar-refractivity contribution in [1.82, 2.24) is 15.0 Å². The Morgan fingerprint density at radius 3 is 2.69 bits per heavy atom. The maximum Gasteiger partial charge on any atom is 0.225 e. The summed E-state index contributed by atoms with van der Waals surface area (Å²) in [5, 5.41) is 15.0. The fraction of sp³-hybridized carbons (Fsp3) is 0.167. The summed E-state index contributed by atoms with van der Waals surface area (Å²) in [4.78, 5) is 12.7. The molecule has 0 aliphatic heterocycles. The van der Waals surface area contributed by atoms with E-state index in [2.05, 4.69) is 25.6 Å². The number of anilines is 3. The van der Waals surface area contributed by atoms with Crippen molar-refractivity contribution in [2.24, 2.45) is 0 Å².